The summed E-state index contributed by atoms with van der Waals surface area (Å²) in [6.45, 7) is 6.59. The highest BCUT2D eigenvalue weighted by Gasteiger charge is 2.05. The monoisotopic (exact) mass is 278 g/mol. The Morgan fingerprint density at radius 2 is 1.67 bits per heavy atom. The van der Waals surface area contributed by atoms with Crippen LogP contribution in [0.1, 0.15) is 23.6 Å². The largest absolute Gasteiger partial charge is 0.367 e. The van der Waals surface area contributed by atoms with Gasteiger partial charge in [-0.1, -0.05) is 41.7 Å². The molecule has 0 aliphatic rings. The number of rotatable bonds is 4. The molecule has 2 heteroatoms. The Kier molecular flexibility index (Phi) is 5.43. The van der Waals surface area contributed by atoms with Crippen LogP contribution in [-0.2, 0) is 6.54 Å². The molecule has 0 amide bonds. The zero-order valence-electron chi connectivity index (χ0n) is 12.8. The van der Waals surface area contributed by atoms with Gasteiger partial charge in [0, 0.05) is 24.3 Å². The molecule has 0 atom stereocenters. The van der Waals surface area contributed by atoms with Gasteiger partial charge in [0.1, 0.15) is 0 Å². The average molecular weight is 278 g/mol. The molecule has 0 aromatic heterocycles. The second kappa shape index (κ2) is 7.52. The summed E-state index contributed by atoms with van der Waals surface area (Å²) < 4.78 is 0. The maximum atomic E-state index is 5.38. The number of aryl methyl sites for hydroxylation is 1. The number of anilines is 1. The molecule has 0 aliphatic heterocycles. The first-order valence-corrected chi connectivity index (χ1v) is 7.32. The standard InChI is InChI=1S/C19H22N2/c1-3-21(19-12-6-16(2)7-13-19)15-18-10-8-17(9-11-18)5-4-14-20/h6-13H,3,14-15,20H2,1-2H3. The zero-order chi connectivity index (χ0) is 15.1. The van der Waals surface area contributed by atoms with E-state index in [1.165, 1.54) is 16.8 Å². The van der Waals surface area contributed by atoms with Crippen LogP contribution in [0, 0.1) is 18.8 Å². The third kappa shape index (κ3) is 4.37. The highest BCUT2D eigenvalue weighted by molar-refractivity contribution is 5.48. The molecule has 2 aromatic carbocycles. The van der Waals surface area contributed by atoms with Crippen LogP contribution in [0.2, 0.25) is 0 Å². The molecule has 0 aliphatic carbocycles. The Morgan fingerprint density at radius 1 is 1.00 bits per heavy atom. The molecule has 0 saturated carbocycles. The molecule has 2 aromatic rings. The lowest BCUT2D eigenvalue weighted by Crippen LogP contribution is -2.21. The normalized spacial score (nSPS) is 9.86. The Bertz CT molecular complexity index is 615. The van der Waals surface area contributed by atoms with Crippen LogP contribution in [-0.4, -0.2) is 13.1 Å². The third-order valence-electron chi connectivity index (χ3n) is 3.44. The van der Waals surface area contributed by atoms with Gasteiger partial charge in [0.25, 0.3) is 0 Å². The minimum Gasteiger partial charge on any atom is -0.367 e. The lowest BCUT2D eigenvalue weighted by atomic mass is 10.1. The van der Waals surface area contributed by atoms with E-state index in [0.717, 1.165) is 18.7 Å². The van der Waals surface area contributed by atoms with Crippen LogP contribution in [0.25, 0.3) is 0 Å². The molecule has 0 saturated heterocycles. The van der Waals surface area contributed by atoms with Crippen LogP contribution in [0.4, 0.5) is 5.69 Å². The number of nitrogens with zero attached hydrogens (tertiary/aromatic N) is 1. The molecule has 2 rings (SSSR count). The summed E-state index contributed by atoms with van der Waals surface area (Å²) in [6.07, 6.45) is 0. The lowest BCUT2D eigenvalue weighted by Gasteiger charge is -2.23. The van der Waals surface area contributed by atoms with Gasteiger partial charge in [-0.15, -0.1) is 0 Å². The third-order valence-corrected chi connectivity index (χ3v) is 3.44. The molecule has 0 bridgehead atoms. The molecule has 0 heterocycles. The Labute approximate surface area is 127 Å². The predicted octanol–water partition coefficient (Wildman–Crippen LogP) is 3.33. The molecule has 2 N–H and O–H groups in total. The summed E-state index contributed by atoms with van der Waals surface area (Å²) >= 11 is 0. The van der Waals surface area contributed by atoms with Gasteiger partial charge in [-0.2, -0.15) is 0 Å². The fourth-order valence-electron chi connectivity index (χ4n) is 2.21. The minimum absolute atomic E-state index is 0.402. The fourth-order valence-corrected chi connectivity index (χ4v) is 2.21. The van der Waals surface area contributed by atoms with Crippen molar-refractivity contribution in [1.29, 1.82) is 0 Å². The topological polar surface area (TPSA) is 29.3 Å². The van der Waals surface area contributed by atoms with Gasteiger partial charge in [0.05, 0.1) is 6.54 Å². The quantitative estimate of drug-likeness (QED) is 0.869. The first-order valence-electron chi connectivity index (χ1n) is 7.32. The summed E-state index contributed by atoms with van der Waals surface area (Å²) in [5.74, 6) is 5.92. The first-order chi connectivity index (χ1) is 10.2. The fraction of sp³-hybridized carbons (Fsp3) is 0.263. The Morgan fingerprint density at radius 3 is 2.24 bits per heavy atom. The van der Waals surface area contributed by atoms with Crippen LogP contribution >= 0.6 is 0 Å². The van der Waals surface area contributed by atoms with Crippen LogP contribution < -0.4 is 10.6 Å². The van der Waals surface area contributed by atoms with Gasteiger partial charge < -0.3 is 10.6 Å². The van der Waals surface area contributed by atoms with Gasteiger partial charge in [-0.25, -0.2) is 0 Å². The molecule has 0 radical (unpaired) electrons. The molecular formula is C19H22N2. The number of nitrogens with two attached hydrogens (primary N) is 1. The SMILES string of the molecule is CCN(Cc1ccc(C#CCN)cc1)c1ccc(C)cc1. The second-order valence-electron chi connectivity index (χ2n) is 5.05. The molecule has 21 heavy (non-hydrogen) atoms. The summed E-state index contributed by atoms with van der Waals surface area (Å²) in [5, 5.41) is 0. The molecule has 108 valence electrons. The van der Waals surface area contributed by atoms with Crippen molar-refractivity contribution in [2.45, 2.75) is 20.4 Å². The van der Waals surface area contributed by atoms with Gasteiger partial charge in [0.2, 0.25) is 0 Å². The van der Waals surface area contributed by atoms with E-state index in [9.17, 15) is 0 Å². The predicted molar refractivity (Wildman–Crippen MR) is 90.3 cm³/mol. The van der Waals surface area contributed by atoms with Crippen molar-refractivity contribution < 1.29 is 0 Å². The van der Waals surface area contributed by atoms with E-state index in [-0.39, 0.29) is 0 Å². The van der Waals surface area contributed by atoms with Gasteiger partial charge in [-0.3, -0.25) is 0 Å². The number of hydrogen-bond acceptors (Lipinski definition) is 2. The lowest BCUT2D eigenvalue weighted by molar-refractivity contribution is 0.831. The van der Waals surface area contributed by atoms with Crippen molar-refractivity contribution in [2.24, 2.45) is 5.73 Å². The van der Waals surface area contributed by atoms with Crippen LogP contribution in [0.15, 0.2) is 48.5 Å². The molecule has 2 nitrogen and oxygen atoms in total. The van der Waals surface area contributed by atoms with Crippen molar-refractivity contribution in [1.82, 2.24) is 0 Å². The van der Waals surface area contributed by atoms with E-state index in [2.05, 4.69) is 79.1 Å². The van der Waals surface area contributed by atoms with Crippen molar-refractivity contribution >= 4 is 5.69 Å². The summed E-state index contributed by atoms with van der Waals surface area (Å²) in [6, 6.07) is 17.1. The van der Waals surface area contributed by atoms with Crippen LogP contribution in [0.3, 0.4) is 0 Å². The average Bonchev–Trinajstić information content (AvgIpc) is 2.53. The second-order valence-corrected chi connectivity index (χ2v) is 5.05. The maximum absolute atomic E-state index is 5.38. The van der Waals surface area contributed by atoms with E-state index in [1.807, 2.05) is 0 Å². The summed E-state index contributed by atoms with van der Waals surface area (Å²) in [7, 11) is 0. The van der Waals surface area contributed by atoms with Crippen molar-refractivity contribution in [3.8, 4) is 11.8 Å². The smallest absolute Gasteiger partial charge is 0.0555 e. The van der Waals surface area contributed by atoms with E-state index < -0.39 is 0 Å². The highest BCUT2D eigenvalue weighted by Crippen LogP contribution is 2.18. The molecule has 0 spiro atoms. The minimum atomic E-state index is 0.402. The van der Waals surface area contributed by atoms with Gasteiger partial charge in [-0.05, 0) is 43.7 Å². The van der Waals surface area contributed by atoms with E-state index in [0.29, 0.717) is 6.54 Å². The number of hydrogen-bond donors (Lipinski definition) is 1. The highest BCUT2D eigenvalue weighted by atomic mass is 15.1. The van der Waals surface area contributed by atoms with Crippen molar-refractivity contribution in [2.75, 3.05) is 18.0 Å². The van der Waals surface area contributed by atoms with E-state index in [1.54, 1.807) is 0 Å². The molecule has 0 unspecified atom stereocenters. The van der Waals surface area contributed by atoms with Crippen molar-refractivity contribution in [3.05, 3.63) is 65.2 Å². The summed E-state index contributed by atoms with van der Waals surface area (Å²) in [5.41, 5.74) is 10.2. The van der Waals surface area contributed by atoms with Crippen LogP contribution in [0.5, 0.6) is 0 Å². The zero-order valence-corrected chi connectivity index (χ0v) is 12.8. The first kappa shape index (κ1) is 15.2. The van der Waals surface area contributed by atoms with E-state index in [4.69, 9.17) is 5.73 Å². The Balaban J connectivity index is 2.09. The number of benzene rings is 2. The Hall–Kier alpha value is -2.24. The van der Waals surface area contributed by atoms with Gasteiger partial charge in [0.15, 0.2) is 0 Å². The maximum Gasteiger partial charge on any atom is 0.0555 e. The summed E-state index contributed by atoms with van der Waals surface area (Å²) in [4.78, 5) is 2.36. The van der Waals surface area contributed by atoms with Crippen molar-refractivity contribution in [3.63, 3.8) is 0 Å². The molecular weight excluding hydrogens is 256 g/mol. The van der Waals surface area contributed by atoms with E-state index >= 15 is 0 Å². The van der Waals surface area contributed by atoms with Gasteiger partial charge >= 0.3 is 0 Å². The molecule has 0 fully saturated rings.